The van der Waals surface area contributed by atoms with Crippen LogP contribution in [-0.2, 0) is 19.4 Å². The van der Waals surface area contributed by atoms with Gasteiger partial charge in [-0.15, -0.1) is 0 Å². The van der Waals surface area contributed by atoms with Crippen molar-refractivity contribution in [2.24, 2.45) is 0 Å². The number of halogens is 3. The Morgan fingerprint density at radius 2 is 2.05 bits per heavy atom. The lowest BCUT2D eigenvalue weighted by Gasteiger charge is -2.07. The third-order valence-corrected chi connectivity index (χ3v) is 4.51. The van der Waals surface area contributed by atoms with Crippen LogP contribution in [0.4, 0.5) is 0 Å². The summed E-state index contributed by atoms with van der Waals surface area (Å²) in [5, 5.41) is 5.45. The molecule has 0 aliphatic heterocycles. The number of hydrogen-bond acceptors (Lipinski definition) is 2. The molecule has 0 spiro atoms. The molecular formula is C15H15BrCl2N2O. The first-order valence-electron chi connectivity index (χ1n) is 6.70. The number of hydrogen-bond donors (Lipinski definition) is 0. The Balaban J connectivity index is 2.35. The lowest BCUT2D eigenvalue weighted by atomic mass is 10.1. The third kappa shape index (κ3) is 3.50. The van der Waals surface area contributed by atoms with Crippen LogP contribution >= 0.6 is 39.1 Å². The van der Waals surface area contributed by atoms with Crippen LogP contribution in [0.15, 0.2) is 22.7 Å². The summed E-state index contributed by atoms with van der Waals surface area (Å²) in [6.07, 6.45) is 0.931. The second-order valence-electron chi connectivity index (χ2n) is 4.60. The highest BCUT2D eigenvalue weighted by atomic mass is 79.9. The zero-order chi connectivity index (χ0) is 15.6. The highest BCUT2D eigenvalue weighted by Crippen LogP contribution is 2.26. The summed E-state index contributed by atoms with van der Waals surface area (Å²) in [7, 11) is 0. The molecule has 0 unspecified atom stereocenters. The van der Waals surface area contributed by atoms with Gasteiger partial charge in [0.15, 0.2) is 5.78 Å². The molecule has 0 N–H and O–H groups in total. The molecule has 0 radical (unpaired) electrons. The van der Waals surface area contributed by atoms with Gasteiger partial charge < -0.3 is 0 Å². The van der Waals surface area contributed by atoms with Crippen molar-refractivity contribution in [3.8, 4) is 0 Å². The summed E-state index contributed by atoms with van der Waals surface area (Å²) in [5.41, 5.74) is 2.06. The van der Waals surface area contributed by atoms with E-state index in [1.165, 1.54) is 0 Å². The SMILES string of the molecule is CCc1nn(CC)c(CC(=O)c2cc(Br)ccc2Cl)c1Cl. The molecule has 0 bridgehead atoms. The maximum atomic E-state index is 12.5. The molecule has 6 heteroatoms. The fourth-order valence-corrected chi connectivity index (χ4v) is 3.06. The second kappa shape index (κ2) is 6.95. The highest BCUT2D eigenvalue weighted by Gasteiger charge is 2.19. The number of carbonyl (C=O) groups is 1. The maximum Gasteiger partial charge on any atom is 0.170 e. The van der Waals surface area contributed by atoms with Gasteiger partial charge in [-0.1, -0.05) is 46.1 Å². The number of aryl methyl sites for hydroxylation is 2. The van der Waals surface area contributed by atoms with Gasteiger partial charge >= 0.3 is 0 Å². The van der Waals surface area contributed by atoms with Crippen LogP contribution in [0.5, 0.6) is 0 Å². The molecule has 0 saturated carbocycles. The third-order valence-electron chi connectivity index (χ3n) is 3.25. The van der Waals surface area contributed by atoms with Gasteiger partial charge in [0.05, 0.1) is 27.9 Å². The Hall–Kier alpha value is -0.840. The van der Waals surface area contributed by atoms with Crippen molar-refractivity contribution < 1.29 is 4.79 Å². The van der Waals surface area contributed by atoms with Crippen LogP contribution in [0, 0.1) is 0 Å². The molecule has 1 heterocycles. The Morgan fingerprint density at radius 3 is 2.67 bits per heavy atom. The van der Waals surface area contributed by atoms with Crippen LogP contribution in [0.2, 0.25) is 10.0 Å². The first kappa shape index (κ1) is 16.5. The monoisotopic (exact) mass is 388 g/mol. The number of rotatable bonds is 5. The van der Waals surface area contributed by atoms with Crippen molar-refractivity contribution in [2.45, 2.75) is 33.2 Å². The average molecular weight is 390 g/mol. The standard InChI is InChI=1S/C15H15BrCl2N2O/c1-3-12-15(18)13(20(4-2)19-12)8-14(21)10-7-9(16)5-6-11(10)17/h5-7H,3-4,8H2,1-2H3. The van der Waals surface area contributed by atoms with Crippen molar-refractivity contribution in [3.05, 3.63) is 49.7 Å². The molecule has 3 nitrogen and oxygen atoms in total. The predicted molar refractivity (Wildman–Crippen MR) is 89.5 cm³/mol. The van der Waals surface area contributed by atoms with Crippen molar-refractivity contribution >= 4 is 44.9 Å². The van der Waals surface area contributed by atoms with E-state index >= 15 is 0 Å². The zero-order valence-corrected chi connectivity index (χ0v) is 14.9. The molecule has 0 atom stereocenters. The van der Waals surface area contributed by atoms with Crippen molar-refractivity contribution in [1.82, 2.24) is 9.78 Å². The van der Waals surface area contributed by atoms with Gasteiger partial charge in [0.1, 0.15) is 0 Å². The van der Waals surface area contributed by atoms with Gasteiger partial charge in [0, 0.05) is 16.6 Å². The first-order valence-corrected chi connectivity index (χ1v) is 8.25. The van der Waals surface area contributed by atoms with Gasteiger partial charge in [-0.05, 0) is 31.5 Å². The fraction of sp³-hybridized carbons (Fsp3) is 0.333. The Labute approximate surface area is 142 Å². The Bertz CT molecular complexity index is 683. The normalized spacial score (nSPS) is 10.9. The van der Waals surface area contributed by atoms with Crippen molar-refractivity contribution in [2.75, 3.05) is 0 Å². The number of nitrogens with zero attached hydrogens (tertiary/aromatic N) is 2. The smallest absolute Gasteiger partial charge is 0.170 e. The number of aromatic nitrogens is 2. The Morgan fingerprint density at radius 1 is 1.33 bits per heavy atom. The lowest BCUT2D eigenvalue weighted by Crippen LogP contribution is -2.10. The summed E-state index contributed by atoms with van der Waals surface area (Å²) >= 11 is 15.8. The molecule has 0 fully saturated rings. The van der Waals surface area contributed by atoms with Gasteiger partial charge in [-0.2, -0.15) is 5.10 Å². The van der Waals surface area contributed by atoms with E-state index in [9.17, 15) is 4.79 Å². The summed E-state index contributed by atoms with van der Waals surface area (Å²) < 4.78 is 2.60. The van der Waals surface area contributed by atoms with Crippen molar-refractivity contribution in [1.29, 1.82) is 0 Å². The average Bonchev–Trinajstić information content (AvgIpc) is 2.77. The van der Waals surface area contributed by atoms with Crippen LogP contribution in [-0.4, -0.2) is 15.6 Å². The predicted octanol–water partition coefficient (Wildman–Crippen LogP) is 4.96. The molecule has 1 aromatic carbocycles. The number of Topliss-reactive ketones (excluding diaryl/α,β-unsaturated/α-hetero) is 1. The molecule has 112 valence electrons. The topological polar surface area (TPSA) is 34.9 Å². The molecule has 0 saturated heterocycles. The summed E-state index contributed by atoms with van der Waals surface area (Å²) in [5.74, 6) is -0.0690. The van der Waals surface area contributed by atoms with Gasteiger partial charge in [0.25, 0.3) is 0 Å². The van der Waals surface area contributed by atoms with Crippen LogP contribution in [0.25, 0.3) is 0 Å². The number of benzene rings is 1. The second-order valence-corrected chi connectivity index (χ2v) is 6.30. The molecule has 0 aliphatic rings. The van der Waals surface area contributed by atoms with Crippen LogP contribution < -0.4 is 0 Å². The fourth-order valence-electron chi connectivity index (χ4n) is 2.14. The van der Waals surface area contributed by atoms with Gasteiger partial charge in [-0.25, -0.2) is 0 Å². The quantitative estimate of drug-likeness (QED) is 0.677. The van der Waals surface area contributed by atoms with Crippen molar-refractivity contribution in [3.63, 3.8) is 0 Å². The zero-order valence-electron chi connectivity index (χ0n) is 11.8. The van der Waals surface area contributed by atoms with E-state index in [2.05, 4.69) is 21.0 Å². The van der Waals surface area contributed by atoms with E-state index in [-0.39, 0.29) is 12.2 Å². The summed E-state index contributed by atoms with van der Waals surface area (Å²) in [4.78, 5) is 12.5. The number of ketones is 1. The summed E-state index contributed by atoms with van der Waals surface area (Å²) in [6.45, 7) is 4.64. The van der Waals surface area contributed by atoms with E-state index in [4.69, 9.17) is 23.2 Å². The number of carbonyl (C=O) groups excluding carboxylic acids is 1. The molecule has 0 amide bonds. The molecule has 1 aromatic heterocycles. The molecule has 2 rings (SSSR count). The minimum atomic E-state index is -0.0690. The molecular weight excluding hydrogens is 375 g/mol. The maximum absolute atomic E-state index is 12.5. The lowest BCUT2D eigenvalue weighted by molar-refractivity contribution is 0.0990. The first-order chi connectivity index (χ1) is 9.97. The van der Waals surface area contributed by atoms with E-state index in [1.54, 1.807) is 22.9 Å². The van der Waals surface area contributed by atoms with E-state index in [0.29, 0.717) is 22.2 Å². The van der Waals surface area contributed by atoms with Crippen LogP contribution in [0.3, 0.4) is 0 Å². The largest absolute Gasteiger partial charge is 0.294 e. The molecule has 0 aliphatic carbocycles. The van der Waals surface area contributed by atoms with Crippen LogP contribution in [0.1, 0.15) is 35.6 Å². The van der Waals surface area contributed by atoms with E-state index < -0.39 is 0 Å². The molecule has 21 heavy (non-hydrogen) atoms. The van der Waals surface area contributed by atoms with Gasteiger partial charge in [0.2, 0.25) is 0 Å². The van der Waals surface area contributed by atoms with Gasteiger partial charge in [-0.3, -0.25) is 9.48 Å². The van der Waals surface area contributed by atoms with E-state index in [1.807, 2.05) is 13.8 Å². The molecule has 2 aromatic rings. The Kier molecular flexibility index (Phi) is 5.47. The minimum Gasteiger partial charge on any atom is -0.294 e. The summed E-state index contributed by atoms with van der Waals surface area (Å²) in [6, 6.07) is 5.23. The van der Waals surface area contributed by atoms with E-state index in [0.717, 1.165) is 22.3 Å². The minimum absolute atomic E-state index is 0.0690. The highest BCUT2D eigenvalue weighted by molar-refractivity contribution is 9.10.